The molecular formula is C20H24N4O3. The predicted molar refractivity (Wildman–Crippen MR) is 106 cm³/mol. The van der Waals surface area contributed by atoms with Gasteiger partial charge in [0.1, 0.15) is 0 Å². The molecule has 0 aromatic heterocycles. The third-order valence-electron chi connectivity index (χ3n) is 4.46. The highest BCUT2D eigenvalue weighted by Gasteiger charge is 2.24. The fourth-order valence-corrected chi connectivity index (χ4v) is 3.10. The summed E-state index contributed by atoms with van der Waals surface area (Å²) in [5, 5.41) is 21.0. The van der Waals surface area contributed by atoms with Gasteiger partial charge >= 0.3 is 12.1 Å². The molecule has 0 aliphatic heterocycles. The molecule has 0 radical (unpaired) electrons. The van der Waals surface area contributed by atoms with Crippen LogP contribution in [0.15, 0.2) is 54.6 Å². The minimum absolute atomic E-state index is 0.225. The van der Waals surface area contributed by atoms with Crippen LogP contribution < -0.4 is 21.3 Å². The van der Waals surface area contributed by atoms with Crippen molar-refractivity contribution in [2.24, 2.45) is 0 Å². The summed E-state index contributed by atoms with van der Waals surface area (Å²) in [5.74, 6) is 0. The molecule has 0 heterocycles. The van der Waals surface area contributed by atoms with E-state index in [1.807, 2.05) is 18.2 Å². The number of urea groups is 2. The first-order valence-electron chi connectivity index (χ1n) is 9.09. The van der Waals surface area contributed by atoms with E-state index in [-0.39, 0.29) is 18.1 Å². The number of hydrogen-bond acceptors (Lipinski definition) is 3. The van der Waals surface area contributed by atoms with E-state index in [0.717, 1.165) is 19.3 Å². The number of carbonyl (C=O) groups is 2. The Labute approximate surface area is 158 Å². The smallest absolute Gasteiger partial charge is 0.323 e. The molecule has 27 heavy (non-hydrogen) atoms. The van der Waals surface area contributed by atoms with Crippen LogP contribution in [0.1, 0.15) is 25.7 Å². The Morgan fingerprint density at radius 3 is 2.07 bits per heavy atom. The van der Waals surface area contributed by atoms with Crippen molar-refractivity contribution < 1.29 is 14.7 Å². The number of hydrogen-bond donors (Lipinski definition) is 5. The molecule has 142 valence electrons. The number of aliphatic hydroxyl groups excluding tert-OH is 1. The lowest BCUT2D eigenvalue weighted by molar-refractivity contribution is 0.0955. The second-order valence-electron chi connectivity index (χ2n) is 6.58. The maximum Gasteiger partial charge on any atom is 0.323 e. The highest BCUT2D eigenvalue weighted by atomic mass is 16.3. The molecule has 3 rings (SSSR count). The van der Waals surface area contributed by atoms with Crippen molar-refractivity contribution in [3.8, 4) is 0 Å². The minimum atomic E-state index is -0.501. The fourth-order valence-electron chi connectivity index (χ4n) is 3.10. The van der Waals surface area contributed by atoms with Crippen LogP contribution >= 0.6 is 0 Å². The Hall–Kier alpha value is -3.06. The first kappa shape index (κ1) is 18.7. The van der Waals surface area contributed by atoms with Crippen LogP contribution in [0.4, 0.5) is 26.7 Å². The Morgan fingerprint density at radius 1 is 0.778 bits per heavy atom. The lowest BCUT2D eigenvalue weighted by Crippen LogP contribution is -2.46. The summed E-state index contributed by atoms with van der Waals surface area (Å²) in [4.78, 5) is 24.2. The largest absolute Gasteiger partial charge is 0.391 e. The molecule has 2 aromatic rings. The zero-order valence-electron chi connectivity index (χ0n) is 14.9. The zero-order chi connectivity index (χ0) is 19.1. The SMILES string of the molecule is O=C(Nc1ccccc1)Nc1cccc(NC(=O)NC2CCCCC2O)c1. The summed E-state index contributed by atoms with van der Waals surface area (Å²) < 4.78 is 0. The predicted octanol–water partition coefficient (Wildman–Crippen LogP) is 3.76. The molecule has 4 amide bonds. The number of carbonyl (C=O) groups excluding carboxylic acids is 2. The maximum atomic E-state index is 12.2. The number of amides is 4. The summed E-state index contributed by atoms with van der Waals surface area (Å²) in [6.45, 7) is 0. The van der Waals surface area contributed by atoms with Gasteiger partial charge in [-0.1, -0.05) is 37.1 Å². The molecule has 1 aliphatic carbocycles. The van der Waals surface area contributed by atoms with Crippen LogP contribution in [-0.2, 0) is 0 Å². The standard InChI is InChI=1S/C20H24N4O3/c25-18-12-5-4-11-17(18)24-20(27)23-16-10-6-9-15(13-16)22-19(26)21-14-7-2-1-3-8-14/h1-3,6-10,13,17-18,25H,4-5,11-12H2,(H2,21,22,26)(H2,23,24,27). The maximum absolute atomic E-state index is 12.2. The summed E-state index contributed by atoms with van der Waals surface area (Å²) in [7, 11) is 0. The van der Waals surface area contributed by atoms with Gasteiger partial charge in [-0.05, 0) is 43.2 Å². The Bertz CT molecular complexity index is 782. The van der Waals surface area contributed by atoms with Gasteiger partial charge in [-0.15, -0.1) is 0 Å². The molecule has 7 nitrogen and oxygen atoms in total. The quantitative estimate of drug-likeness (QED) is 0.568. The fraction of sp³-hybridized carbons (Fsp3) is 0.300. The monoisotopic (exact) mass is 368 g/mol. The van der Waals surface area contributed by atoms with Gasteiger partial charge in [0, 0.05) is 17.1 Å². The summed E-state index contributed by atoms with van der Waals surface area (Å²) >= 11 is 0. The van der Waals surface area contributed by atoms with E-state index >= 15 is 0 Å². The van der Waals surface area contributed by atoms with E-state index in [9.17, 15) is 14.7 Å². The molecule has 0 spiro atoms. The van der Waals surface area contributed by atoms with Crippen LogP contribution in [0, 0.1) is 0 Å². The lowest BCUT2D eigenvalue weighted by Gasteiger charge is -2.28. The van der Waals surface area contributed by atoms with Gasteiger partial charge in [-0.3, -0.25) is 0 Å². The van der Waals surface area contributed by atoms with Gasteiger partial charge < -0.3 is 26.4 Å². The van der Waals surface area contributed by atoms with Crippen molar-refractivity contribution in [2.45, 2.75) is 37.8 Å². The molecule has 1 aliphatic rings. The lowest BCUT2D eigenvalue weighted by atomic mass is 9.93. The van der Waals surface area contributed by atoms with E-state index in [4.69, 9.17) is 0 Å². The molecule has 7 heteroatoms. The highest BCUT2D eigenvalue weighted by molar-refractivity contribution is 6.00. The van der Waals surface area contributed by atoms with E-state index in [2.05, 4.69) is 21.3 Å². The Balaban J connectivity index is 1.53. The molecular weight excluding hydrogens is 344 g/mol. The molecule has 2 unspecified atom stereocenters. The van der Waals surface area contributed by atoms with E-state index < -0.39 is 6.10 Å². The Morgan fingerprint density at radius 2 is 1.37 bits per heavy atom. The molecule has 5 N–H and O–H groups in total. The molecule has 0 bridgehead atoms. The highest BCUT2D eigenvalue weighted by Crippen LogP contribution is 2.19. The van der Waals surface area contributed by atoms with Gasteiger partial charge in [0.25, 0.3) is 0 Å². The van der Waals surface area contributed by atoms with Gasteiger partial charge in [-0.2, -0.15) is 0 Å². The van der Waals surface area contributed by atoms with Crippen molar-refractivity contribution in [1.29, 1.82) is 0 Å². The summed E-state index contributed by atoms with van der Waals surface area (Å²) in [6.07, 6.45) is 2.97. The number of anilines is 3. The average molecular weight is 368 g/mol. The molecule has 2 aromatic carbocycles. The zero-order valence-corrected chi connectivity index (χ0v) is 14.9. The number of benzene rings is 2. The van der Waals surface area contributed by atoms with Crippen molar-refractivity contribution in [3.05, 3.63) is 54.6 Å². The Kier molecular flexibility index (Phi) is 6.27. The van der Waals surface area contributed by atoms with Gasteiger partial charge in [0.15, 0.2) is 0 Å². The van der Waals surface area contributed by atoms with Crippen LogP contribution in [0.3, 0.4) is 0 Å². The van der Waals surface area contributed by atoms with Crippen molar-refractivity contribution >= 4 is 29.1 Å². The molecule has 0 saturated heterocycles. The third-order valence-corrected chi connectivity index (χ3v) is 4.46. The molecule has 2 atom stereocenters. The summed E-state index contributed by atoms with van der Waals surface area (Å²) in [5.41, 5.74) is 1.80. The molecule has 1 fully saturated rings. The van der Waals surface area contributed by atoms with Gasteiger partial charge in [-0.25, -0.2) is 9.59 Å². The van der Waals surface area contributed by atoms with Crippen molar-refractivity contribution in [2.75, 3.05) is 16.0 Å². The number of nitrogens with one attached hydrogen (secondary N) is 4. The van der Waals surface area contributed by atoms with Gasteiger partial charge in [0.2, 0.25) is 0 Å². The average Bonchev–Trinajstić information content (AvgIpc) is 2.64. The number of rotatable bonds is 4. The van der Waals surface area contributed by atoms with Crippen LogP contribution in [0.2, 0.25) is 0 Å². The van der Waals surface area contributed by atoms with Crippen LogP contribution in [0.25, 0.3) is 0 Å². The van der Waals surface area contributed by atoms with Gasteiger partial charge in [0.05, 0.1) is 12.1 Å². The topological polar surface area (TPSA) is 102 Å². The van der Waals surface area contributed by atoms with E-state index in [1.54, 1.807) is 36.4 Å². The number of para-hydroxylation sites is 1. The van der Waals surface area contributed by atoms with Crippen LogP contribution in [0.5, 0.6) is 0 Å². The van der Waals surface area contributed by atoms with Crippen LogP contribution in [-0.4, -0.2) is 29.3 Å². The molecule has 1 saturated carbocycles. The second-order valence-corrected chi connectivity index (χ2v) is 6.58. The third kappa shape index (κ3) is 5.72. The second kappa shape index (κ2) is 9.05. The van der Waals surface area contributed by atoms with Crippen molar-refractivity contribution in [3.63, 3.8) is 0 Å². The van der Waals surface area contributed by atoms with E-state index in [1.165, 1.54) is 0 Å². The normalized spacial score (nSPS) is 19.0. The minimum Gasteiger partial charge on any atom is -0.391 e. The first-order valence-corrected chi connectivity index (χ1v) is 9.09. The summed E-state index contributed by atoms with van der Waals surface area (Å²) in [6, 6.07) is 15.0. The van der Waals surface area contributed by atoms with E-state index in [0.29, 0.717) is 23.5 Å². The van der Waals surface area contributed by atoms with Crippen molar-refractivity contribution in [1.82, 2.24) is 5.32 Å². The number of aliphatic hydroxyl groups is 1. The first-order chi connectivity index (χ1) is 13.1.